The van der Waals surface area contributed by atoms with Crippen LogP contribution in [0.1, 0.15) is 18.9 Å². The van der Waals surface area contributed by atoms with Gasteiger partial charge in [0.2, 0.25) is 5.91 Å². The summed E-state index contributed by atoms with van der Waals surface area (Å²) in [5, 5.41) is 16.7. The fourth-order valence-electron chi connectivity index (χ4n) is 2.67. The number of nitro benzene ring substituents is 1. The molecule has 0 radical (unpaired) electrons. The monoisotopic (exact) mass is 292 g/mol. The lowest BCUT2D eigenvalue weighted by Gasteiger charge is -2.34. The standard InChI is InChI=1S/C14H20N4O3/c1-3-12-14(19)16-6-7-17(12)9-10-4-5-11(15-2)13(8-10)18(20)21/h4-5,8,12,15H,3,6-7,9H2,1-2H3,(H,16,19). The van der Waals surface area contributed by atoms with Gasteiger partial charge >= 0.3 is 0 Å². The number of rotatable bonds is 5. The molecule has 1 saturated heterocycles. The first-order chi connectivity index (χ1) is 10.1. The maximum Gasteiger partial charge on any atom is 0.292 e. The summed E-state index contributed by atoms with van der Waals surface area (Å²) < 4.78 is 0. The van der Waals surface area contributed by atoms with Gasteiger partial charge in [-0.25, -0.2) is 0 Å². The Morgan fingerprint density at radius 1 is 1.52 bits per heavy atom. The lowest BCUT2D eigenvalue weighted by atomic mass is 10.1. The number of hydrogen-bond acceptors (Lipinski definition) is 5. The van der Waals surface area contributed by atoms with Crippen LogP contribution in [0.3, 0.4) is 0 Å². The summed E-state index contributed by atoms with van der Waals surface area (Å²) in [6.45, 7) is 3.88. The van der Waals surface area contributed by atoms with Crippen LogP contribution in [-0.2, 0) is 11.3 Å². The molecule has 1 fully saturated rings. The summed E-state index contributed by atoms with van der Waals surface area (Å²) in [4.78, 5) is 24.6. The second kappa shape index (κ2) is 6.53. The first-order valence-electron chi connectivity index (χ1n) is 7.03. The fourth-order valence-corrected chi connectivity index (χ4v) is 2.67. The van der Waals surface area contributed by atoms with Crippen LogP contribution in [0, 0.1) is 10.1 Å². The maximum atomic E-state index is 11.8. The highest BCUT2D eigenvalue weighted by Gasteiger charge is 2.28. The second-order valence-corrected chi connectivity index (χ2v) is 5.04. The van der Waals surface area contributed by atoms with Crippen molar-refractivity contribution in [2.24, 2.45) is 0 Å². The summed E-state index contributed by atoms with van der Waals surface area (Å²) in [5.74, 6) is 0.0325. The third-order valence-electron chi connectivity index (χ3n) is 3.74. The van der Waals surface area contributed by atoms with Crippen molar-refractivity contribution in [3.8, 4) is 0 Å². The van der Waals surface area contributed by atoms with E-state index in [1.807, 2.05) is 13.0 Å². The van der Waals surface area contributed by atoms with Gasteiger partial charge in [-0.2, -0.15) is 0 Å². The van der Waals surface area contributed by atoms with Gasteiger partial charge in [0.15, 0.2) is 0 Å². The Morgan fingerprint density at radius 3 is 2.90 bits per heavy atom. The van der Waals surface area contributed by atoms with Crippen LogP contribution in [0.5, 0.6) is 0 Å². The Bertz CT molecular complexity index is 547. The number of carbonyl (C=O) groups excluding carboxylic acids is 1. The Hall–Kier alpha value is -2.15. The SMILES string of the molecule is CCC1C(=O)NCCN1Cc1ccc(NC)c([N+](=O)[O-])c1. The van der Waals surface area contributed by atoms with Gasteiger partial charge in [0.25, 0.3) is 5.69 Å². The molecule has 1 heterocycles. The van der Waals surface area contributed by atoms with E-state index >= 15 is 0 Å². The number of anilines is 1. The topological polar surface area (TPSA) is 87.5 Å². The molecule has 7 heteroatoms. The van der Waals surface area contributed by atoms with E-state index in [4.69, 9.17) is 0 Å². The number of amides is 1. The third kappa shape index (κ3) is 3.30. The van der Waals surface area contributed by atoms with Gasteiger partial charge in [-0.1, -0.05) is 13.0 Å². The Balaban J connectivity index is 2.20. The van der Waals surface area contributed by atoms with Crippen molar-refractivity contribution in [3.05, 3.63) is 33.9 Å². The highest BCUT2D eigenvalue weighted by molar-refractivity contribution is 5.82. The zero-order chi connectivity index (χ0) is 15.4. The first kappa shape index (κ1) is 15.2. The molecule has 7 nitrogen and oxygen atoms in total. The van der Waals surface area contributed by atoms with Gasteiger partial charge in [0, 0.05) is 32.7 Å². The highest BCUT2D eigenvalue weighted by Crippen LogP contribution is 2.26. The molecule has 1 aromatic carbocycles. The van der Waals surface area contributed by atoms with Crippen molar-refractivity contribution in [2.75, 3.05) is 25.5 Å². The van der Waals surface area contributed by atoms with E-state index in [1.165, 1.54) is 0 Å². The molecule has 1 atom stereocenters. The quantitative estimate of drug-likeness (QED) is 0.632. The molecule has 2 rings (SSSR count). The predicted molar refractivity (Wildman–Crippen MR) is 80.1 cm³/mol. The molecule has 0 aliphatic carbocycles. The molecular weight excluding hydrogens is 272 g/mol. The molecule has 0 aromatic heterocycles. The molecule has 0 bridgehead atoms. The number of nitrogens with one attached hydrogen (secondary N) is 2. The van der Waals surface area contributed by atoms with E-state index in [-0.39, 0.29) is 17.6 Å². The van der Waals surface area contributed by atoms with Crippen molar-refractivity contribution in [1.82, 2.24) is 10.2 Å². The zero-order valence-corrected chi connectivity index (χ0v) is 12.3. The number of benzene rings is 1. The first-order valence-corrected chi connectivity index (χ1v) is 7.03. The molecule has 2 N–H and O–H groups in total. The third-order valence-corrected chi connectivity index (χ3v) is 3.74. The predicted octanol–water partition coefficient (Wildman–Crippen LogP) is 1.35. The number of nitrogens with zero attached hydrogens (tertiary/aromatic N) is 2. The van der Waals surface area contributed by atoms with E-state index in [0.717, 1.165) is 18.5 Å². The molecule has 21 heavy (non-hydrogen) atoms. The molecule has 1 amide bonds. The van der Waals surface area contributed by atoms with Crippen LogP contribution in [0.4, 0.5) is 11.4 Å². The van der Waals surface area contributed by atoms with Crippen LogP contribution >= 0.6 is 0 Å². The lowest BCUT2D eigenvalue weighted by Crippen LogP contribution is -2.54. The minimum Gasteiger partial charge on any atom is -0.383 e. The largest absolute Gasteiger partial charge is 0.383 e. The number of piperazine rings is 1. The lowest BCUT2D eigenvalue weighted by molar-refractivity contribution is -0.384. The van der Waals surface area contributed by atoms with E-state index in [9.17, 15) is 14.9 Å². The van der Waals surface area contributed by atoms with E-state index in [1.54, 1.807) is 19.2 Å². The Kier molecular flexibility index (Phi) is 4.74. The fraction of sp³-hybridized carbons (Fsp3) is 0.500. The van der Waals surface area contributed by atoms with Crippen LogP contribution < -0.4 is 10.6 Å². The van der Waals surface area contributed by atoms with Gasteiger partial charge in [0.1, 0.15) is 5.69 Å². The van der Waals surface area contributed by atoms with Crippen molar-refractivity contribution < 1.29 is 9.72 Å². The van der Waals surface area contributed by atoms with Gasteiger partial charge in [0.05, 0.1) is 11.0 Å². The summed E-state index contributed by atoms with van der Waals surface area (Å²) in [5.41, 5.74) is 1.39. The second-order valence-electron chi connectivity index (χ2n) is 5.04. The van der Waals surface area contributed by atoms with Crippen LogP contribution in [0.2, 0.25) is 0 Å². The minimum absolute atomic E-state index is 0.0325. The number of nitro groups is 1. The van der Waals surface area contributed by atoms with Crippen molar-refractivity contribution in [2.45, 2.75) is 25.9 Å². The van der Waals surface area contributed by atoms with Crippen molar-refractivity contribution >= 4 is 17.3 Å². The maximum absolute atomic E-state index is 11.8. The average molecular weight is 292 g/mol. The average Bonchev–Trinajstić information content (AvgIpc) is 2.47. The molecule has 114 valence electrons. The van der Waals surface area contributed by atoms with E-state index in [0.29, 0.717) is 18.8 Å². The smallest absolute Gasteiger partial charge is 0.292 e. The van der Waals surface area contributed by atoms with Gasteiger partial charge in [-0.05, 0) is 18.1 Å². The van der Waals surface area contributed by atoms with Crippen molar-refractivity contribution in [3.63, 3.8) is 0 Å². The van der Waals surface area contributed by atoms with Crippen LogP contribution in [-0.4, -0.2) is 41.9 Å². The van der Waals surface area contributed by atoms with Gasteiger partial charge < -0.3 is 10.6 Å². The summed E-state index contributed by atoms with van der Waals surface area (Å²) in [7, 11) is 1.66. The van der Waals surface area contributed by atoms with Crippen LogP contribution in [0.25, 0.3) is 0 Å². The Labute approximate surface area is 123 Å². The Morgan fingerprint density at radius 2 is 2.29 bits per heavy atom. The molecular formula is C14H20N4O3. The molecule has 1 aliphatic heterocycles. The highest BCUT2D eigenvalue weighted by atomic mass is 16.6. The number of carbonyl (C=O) groups is 1. The molecule has 0 saturated carbocycles. The van der Waals surface area contributed by atoms with Crippen molar-refractivity contribution in [1.29, 1.82) is 0 Å². The molecule has 1 aliphatic rings. The molecule has 0 spiro atoms. The summed E-state index contributed by atoms with van der Waals surface area (Å²) >= 11 is 0. The van der Waals surface area contributed by atoms with E-state index in [2.05, 4.69) is 15.5 Å². The van der Waals surface area contributed by atoms with Gasteiger partial charge in [-0.15, -0.1) is 0 Å². The molecule has 1 unspecified atom stereocenters. The van der Waals surface area contributed by atoms with Gasteiger partial charge in [-0.3, -0.25) is 19.8 Å². The minimum atomic E-state index is -0.393. The normalized spacial score (nSPS) is 19.1. The van der Waals surface area contributed by atoms with E-state index < -0.39 is 4.92 Å². The summed E-state index contributed by atoms with van der Waals surface area (Å²) in [6, 6.07) is 4.98. The summed E-state index contributed by atoms with van der Waals surface area (Å²) in [6.07, 6.45) is 0.725. The van der Waals surface area contributed by atoms with Crippen LogP contribution in [0.15, 0.2) is 18.2 Å². The number of hydrogen-bond donors (Lipinski definition) is 2. The zero-order valence-electron chi connectivity index (χ0n) is 12.3. The molecule has 1 aromatic rings.